The molecule has 0 unspecified atom stereocenters. The second-order valence-corrected chi connectivity index (χ2v) is 3.11. The van der Waals surface area contributed by atoms with Gasteiger partial charge in [0.25, 0.3) is 5.69 Å². The molecule has 0 heterocycles. The number of ether oxygens (including phenoxy) is 1. The summed E-state index contributed by atoms with van der Waals surface area (Å²) in [5.74, 6) is 0.228. The topological polar surface area (TPSA) is 78.4 Å². The molecule has 0 saturated carbocycles. The van der Waals surface area contributed by atoms with Crippen LogP contribution in [0.4, 0.5) is 11.4 Å². The molecule has 2 N–H and O–H groups in total. The highest BCUT2D eigenvalue weighted by Crippen LogP contribution is 2.33. The molecule has 0 aliphatic rings. The van der Waals surface area contributed by atoms with Gasteiger partial charge in [-0.2, -0.15) is 0 Å². The average Bonchev–Trinajstić information content (AvgIpc) is 2.16. The molecule has 0 aliphatic carbocycles. The van der Waals surface area contributed by atoms with Gasteiger partial charge in [0.1, 0.15) is 17.4 Å². The summed E-state index contributed by atoms with van der Waals surface area (Å²) in [6, 6.07) is 2.49. The number of rotatable bonds is 4. The van der Waals surface area contributed by atoms with Gasteiger partial charge < -0.3 is 10.5 Å². The van der Waals surface area contributed by atoms with Gasteiger partial charge in [-0.1, -0.05) is 24.3 Å². The van der Waals surface area contributed by atoms with Gasteiger partial charge in [0.05, 0.1) is 16.7 Å². The Bertz CT molecular complexity index is 407. The van der Waals surface area contributed by atoms with Crippen molar-refractivity contribution in [2.75, 3.05) is 12.3 Å². The van der Waals surface area contributed by atoms with Crippen molar-refractivity contribution >= 4 is 23.0 Å². The Hall–Kier alpha value is -1.75. The minimum Gasteiger partial charge on any atom is -0.487 e. The van der Waals surface area contributed by atoms with E-state index in [2.05, 4.69) is 6.58 Å². The van der Waals surface area contributed by atoms with Gasteiger partial charge >= 0.3 is 0 Å². The zero-order chi connectivity index (χ0) is 11.4. The van der Waals surface area contributed by atoms with E-state index in [4.69, 9.17) is 22.1 Å². The molecule has 0 atom stereocenters. The lowest BCUT2D eigenvalue weighted by atomic mass is 10.2. The summed E-state index contributed by atoms with van der Waals surface area (Å²) in [7, 11) is 0. The molecule has 80 valence electrons. The number of anilines is 1. The third-order valence-corrected chi connectivity index (χ3v) is 1.94. The largest absolute Gasteiger partial charge is 0.487 e. The molecule has 0 amide bonds. The van der Waals surface area contributed by atoms with Crippen molar-refractivity contribution in [2.45, 2.75) is 0 Å². The van der Waals surface area contributed by atoms with Gasteiger partial charge in [-0.3, -0.25) is 10.1 Å². The van der Waals surface area contributed by atoms with Crippen LogP contribution in [0.25, 0.3) is 0 Å². The van der Waals surface area contributed by atoms with E-state index >= 15 is 0 Å². The van der Waals surface area contributed by atoms with Crippen molar-refractivity contribution in [1.29, 1.82) is 0 Å². The lowest BCUT2D eigenvalue weighted by Gasteiger charge is -2.07. The van der Waals surface area contributed by atoms with Gasteiger partial charge in [-0.25, -0.2) is 0 Å². The molecule has 0 fully saturated rings. The lowest BCUT2D eigenvalue weighted by Crippen LogP contribution is -1.99. The van der Waals surface area contributed by atoms with E-state index in [0.29, 0.717) is 0 Å². The van der Waals surface area contributed by atoms with Crippen LogP contribution in [-0.2, 0) is 0 Å². The summed E-state index contributed by atoms with van der Waals surface area (Å²) in [6.45, 7) is 3.68. The molecule has 0 aromatic heterocycles. The lowest BCUT2D eigenvalue weighted by molar-refractivity contribution is -0.384. The average molecular weight is 229 g/mol. The third kappa shape index (κ3) is 2.60. The van der Waals surface area contributed by atoms with E-state index in [1.54, 1.807) is 0 Å². The van der Waals surface area contributed by atoms with Gasteiger partial charge in [0, 0.05) is 0 Å². The molecule has 0 bridgehead atoms. The maximum Gasteiger partial charge on any atom is 0.291 e. The Morgan fingerprint density at radius 1 is 1.67 bits per heavy atom. The first-order valence-corrected chi connectivity index (χ1v) is 4.41. The van der Waals surface area contributed by atoms with E-state index in [0.717, 1.165) is 0 Å². The van der Waals surface area contributed by atoms with Crippen LogP contribution in [-0.4, -0.2) is 11.5 Å². The van der Waals surface area contributed by atoms with Gasteiger partial charge in [0.15, 0.2) is 0 Å². The number of nitro benzene ring substituents is 1. The highest BCUT2D eigenvalue weighted by Gasteiger charge is 2.16. The first kappa shape index (κ1) is 11.3. The van der Waals surface area contributed by atoms with E-state index in [-0.39, 0.29) is 28.8 Å². The minimum absolute atomic E-state index is 0.0107. The fourth-order valence-corrected chi connectivity index (χ4v) is 1.21. The predicted molar refractivity (Wildman–Crippen MR) is 58.2 cm³/mol. The van der Waals surface area contributed by atoms with E-state index < -0.39 is 4.92 Å². The van der Waals surface area contributed by atoms with Gasteiger partial charge in [-0.05, 0) is 6.07 Å². The molecule has 1 aromatic rings. The standard InChI is InChI=1S/C9H9ClN2O3/c1-2-3-15-9-5-8(12(13)14)6(10)4-7(9)11/h2,4-5H,1,3,11H2. The van der Waals surface area contributed by atoms with Crippen LogP contribution in [0.2, 0.25) is 5.02 Å². The first-order chi connectivity index (χ1) is 7.06. The van der Waals surface area contributed by atoms with Crippen molar-refractivity contribution < 1.29 is 9.66 Å². The molecule has 1 aromatic carbocycles. The molecule has 1 rings (SSSR count). The maximum atomic E-state index is 10.6. The summed E-state index contributed by atoms with van der Waals surface area (Å²) in [5.41, 5.74) is 5.59. The number of nitro groups is 1. The van der Waals surface area contributed by atoms with Crippen molar-refractivity contribution in [3.63, 3.8) is 0 Å². The number of nitrogen functional groups attached to an aromatic ring is 1. The van der Waals surface area contributed by atoms with E-state index in [1.807, 2.05) is 0 Å². The summed E-state index contributed by atoms with van der Waals surface area (Å²) in [5, 5.41) is 10.6. The molecule has 6 heteroatoms. The van der Waals surface area contributed by atoms with Crippen LogP contribution >= 0.6 is 11.6 Å². The van der Waals surface area contributed by atoms with Crippen LogP contribution in [0.15, 0.2) is 24.8 Å². The Morgan fingerprint density at radius 3 is 2.87 bits per heavy atom. The van der Waals surface area contributed by atoms with Crippen LogP contribution in [0.3, 0.4) is 0 Å². The number of halogens is 1. The molecule has 0 saturated heterocycles. The number of nitrogens with zero attached hydrogens (tertiary/aromatic N) is 1. The summed E-state index contributed by atoms with van der Waals surface area (Å²) in [4.78, 5) is 9.97. The molecule has 0 radical (unpaired) electrons. The van der Waals surface area contributed by atoms with Gasteiger partial charge in [-0.15, -0.1) is 0 Å². The monoisotopic (exact) mass is 228 g/mol. The summed E-state index contributed by atoms with van der Waals surface area (Å²) >= 11 is 5.63. The fourth-order valence-electron chi connectivity index (χ4n) is 0.972. The third-order valence-electron chi connectivity index (χ3n) is 1.63. The molecular weight excluding hydrogens is 220 g/mol. The van der Waals surface area contributed by atoms with Crippen LogP contribution in [0.1, 0.15) is 0 Å². The summed E-state index contributed by atoms with van der Waals surface area (Å²) in [6.07, 6.45) is 1.51. The molecular formula is C9H9ClN2O3. The second kappa shape index (κ2) is 4.65. The zero-order valence-corrected chi connectivity index (χ0v) is 8.53. The highest BCUT2D eigenvalue weighted by atomic mass is 35.5. The molecule has 5 nitrogen and oxygen atoms in total. The van der Waals surface area contributed by atoms with E-state index in [1.165, 1.54) is 18.2 Å². The normalized spacial score (nSPS) is 9.67. The van der Waals surface area contributed by atoms with Crippen LogP contribution in [0.5, 0.6) is 5.75 Å². The number of nitrogens with two attached hydrogens (primary N) is 1. The smallest absolute Gasteiger partial charge is 0.291 e. The Balaban J connectivity index is 3.11. The quantitative estimate of drug-likeness (QED) is 0.371. The Morgan fingerprint density at radius 2 is 2.33 bits per heavy atom. The maximum absolute atomic E-state index is 10.6. The highest BCUT2D eigenvalue weighted by molar-refractivity contribution is 6.33. The van der Waals surface area contributed by atoms with Crippen molar-refractivity contribution in [3.05, 3.63) is 39.9 Å². The number of hydrogen-bond donors (Lipinski definition) is 1. The van der Waals surface area contributed by atoms with E-state index in [9.17, 15) is 10.1 Å². The Labute approximate surface area is 91.2 Å². The van der Waals surface area contributed by atoms with Crippen molar-refractivity contribution in [1.82, 2.24) is 0 Å². The van der Waals surface area contributed by atoms with Crippen LogP contribution < -0.4 is 10.5 Å². The minimum atomic E-state index is -0.595. The number of hydrogen-bond acceptors (Lipinski definition) is 4. The second-order valence-electron chi connectivity index (χ2n) is 2.70. The SMILES string of the molecule is C=CCOc1cc([N+](=O)[O-])c(Cl)cc1N. The fraction of sp³-hybridized carbons (Fsp3) is 0.111. The molecule has 0 aliphatic heterocycles. The molecule has 15 heavy (non-hydrogen) atoms. The number of benzene rings is 1. The van der Waals surface area contributed by atoms with Crippen molar-refractivity contribution in [3.8, 4) is 5.75 Å². The Kier molecular flexibility index (Phi) is 3.51. The summed E-state index contributed by atoms with van der Waals surface area (Å²) < 4.78 is 5.13. The molecule has 0 spiro atoms. The predicted octanol–water partition coefficient (Wildman–Crippen LogP) is 2.40. The zero-order valence-electron chi connectivity index (χ0n) is 7.77. The van der Waals surface area contributed by atoms with Crippen LogP contribution in [0, 0.1) is 10.1 Å². The van der Waals surface area contributed by atoms with Crippen molar-refractivity contribution in [2.24, 2.45) is 0 Å². The first-order valence-electron chi connectivity index (χ1n) is 4.03. The van der Waals surface area contributed by atoms with Gasteiger partial charge in [0.2, 0.25) is 0 Å².